The van der Waals surface area contributed by atoms with Gasteiger partial charge in [0.2, 0.25) is 0 Å². The molecule has 2 aliphatic rings. The zero-order chi connectivity index (χ0) is 20.5. The molecule has 0 spiro atoms. The van der Waals surface area contributed by atoms with E-state index >= 15 is 0 Å². The molecule has 0 saturated carbocycles. The molecule has 1 fully saturated rings. The molecule has 1 aromatic carbocycles. The summed E-state index contributed by atoms with van der Waals surface area (Å²) in [6.07, 6.45) is 4.88. The molecule has 28 heavy (non-hydrogen) atoms. The van der Waals surface area contributed by atoms with Crippen LogP contribution in [0, 0.1) is 0 Å². The molecule has 154 valence electrons. The molecule has 2 unspecified atom stereocenters. The van der Waals surface area contributed by atoms with Crippen LogP contribution in [0.15, 0.2) is 24.3 Å². The molecule has 6 heteroatoms. The maximum Gasteiger partial charge on any atom is 0.336 e. The normalized spacial score (nSPS) is 27.0. The minimum Gasteiger partial charge on any atom is -0.458 e. The van der Waals surface area contributed by atoms with Crippen LogP contribution in [0.2, 0.25) is 0 Å². The molecular formula is C22H33N3O3. The Morgan fingerprint density at radius 3 is 2.36 bits per heavy atom. The highest BCUT2D eigenvalue weighted by molar-refractivity contribution is 6.14. The standard InChI is InChI=1S/C22H33N3O3/c1-21(2,3)28-20(27)22(23)15-18(25-13-9-5-6-10-14-25)16-11-7-8-12-17(16)24(4)19(22)26/h7-8,11-12,18H,5-6,9-10,13-15,23H2,1-4H3. The lowest BCUT2D eigenvalue weighted by Gasteiger charge is -2.35. The Morgan fingerprint density at radius 1 is 1.14 bits per heavy atom. The lowest BCUT2D eigenvalue weighted by Crippen LogP contribution is -2.62. The van der Waals surface area contributed by atoms with Crippen molar-refractivity contribution in [2.75, 3.05) is 25.0 Å². The van der Waals surface area contributed by atoms with Gasteiger partial charge >= 0.3 is 5.97 Å². The van der Waals surface area contributed by atoms with Crippen molar-refractivity contribution in [2.45, 2.75) is 70.1 Å². The fourth-order valence-electron chi connectivity index (χ4n) is 4.26. The van der Waals surface area contributed by atoms with E-state index in [1.165, 1.54) is 17.7 Å². The first-order valence-corrected chi connectivity index (χ1v) is 10.3. The van der Waals surface area contributed by atoms with E-state index in [9.17, 15) is 9.59 Å². The third kappa shape index (κ3) is 4.08. The Labute approximate surface area is 168 Å². The van der Waals surface area contributed by atoms with Crippen LogP contribution < -0.4 is 10.6 Å². The largest absolute Gasteiger partial charge is 0.458 e. The average molecular weight is 388 g/mol. The molecule has 2 atom stereocenters. The van der Waals surface area contributed by atoms with Crippen molar-refractivity contribution in [3.05, 3.63) is 29.8 Å². The number of hydrogen-bond acceptors (Lipinski definition) is 5. The quantitative estimate of drug-likeness (QED) is 0.624. The fourth-order valence-corrected chi connectivity index (χ4v) is 4.26. The molecule has 2 heterocycles. The maximum absolute atomic E-state index is 13.3. The number of fused-ring (bicyclic) bond motifs is 1. The first-order chi connectivity index (χ1) is 13.1. The summed E-state index contributed by atoms with van der Waals surface area (Å²) in [5.41, 5.74) is 6.02. The van der Waals surface area contributed by atoms with Crippen LogP contribution in [0.4, 0.5) is 5.69 Å². The number of carbonyl (C=O) groups is 2. The first kappa shape index (κ1) is 20.8. The number of hydrogen-bond donors (Lipinski definition) is 1. The number of nitrogens with two attached hydrogens (primary N) is 1. The van der Waals surface area contributed by atoms with E-state index in [1.807, 2.05) is 18.2 Å². The van der Waals surface area contributed by atoms with Gasteiger partial charge in [-0.15, -0.1) is 0 Å². The topological polar surface area (TPSA) is 75.9 Å². The van der Waals surface area contributed by atoms with Crippen LogP contribution in [-0.2, 0) is 14.3 Å². The van der Waals surface area contributed by atoms with Crippen LogP contribution in [0.3, 0.4) is 0 Å². The molecule has 1 amide bonds. The summed E-state index contributed by atoms with van der Waals surface area (Å²) < 4.78 is 5.58. The Hall–Kier alpha value is -1.92. The minimum atomic E-state index is -1.71. The zero-order valence-corrected chi connectivity index (χ0v) is 17.5. The third-order valence-corrected chi connectivity index (χ3v) is 5.70. The molecule has 2 aliphatic heterocycles. The second-order valence-corrected chi connectivity index (χ2v) is 9.07. The van der Waals surface area contributed by atoms with Gasteiger partial charge < -0.3 is 15.4 Å². The van der Waals surface area contributed by atoms with Gasteiger partial charge in [0.25, 0.3) is 5.91 Å². The third-order valence-electron chi connectivity index (χ3n) is 5.70. The SMILES string of the molecule is CN1C(=O)C(N)(C(=O)OC(C)(C)C)CC(N2CCCCCC2)c2ccccc21. The number of anilines is 1. The summed E-state index contributed by atoms with van der Waals surface area (Å²) in [7, 11) is 1.69. The number of benzene rings is 1. The van der Waals surface area contributed by atoms with Crippen LogP contribution in [0.25, 0.3) is 0 Å². The lowest BCUT2D eigenvalue weighted by molar-refractivity contribution is -0.164. The summed E-state index contributed by atoms with van der Waals surface area (Å²) in [5.74, 6) is -1.06. The van der Waals surface area contributed by atoms with Crippen molar-refractivity contribution >= 4 is 17.6 Å². The van der Waals surface area contributed by atoms with Gasteiger partial charge in [0, 0.05) is 25.2 Å². The number of esters is 1. The summed E-state index contributed by atoms with van der Waals surface area (Å²) in [6, 6.07) is 7.78. The van der Waals surface area contributed by atoms with Gasteiger partial charge in [-0.25, -0.2) is 4.79 Å². The van der Waals surface area contributed by atoms with Crippen molar-refractivity contribution in [1.29, 1.82) is 0 Å². The Bertz CT molecular complexity index is 735. The smallest absolute Gasteiger partial charge is 0.336 e. The monoisotopic (exact) mass is 387 g/mol. The second-order valence-electron chi connectivity index (χ2n) is 9.07. The number of para-hydroxylation sites is 1. The molecule has 0 aliphatic carbocycles. The van der Waals surface area contributed by atoms with Gasteiger partial charge in [0.05, 0.1) is 0 Å². The van der Waals surface area contributed by atoms with Gasteiger partial charge in [0.1, 0.15) is 5.60 Å². The van der Waals surface area contributed by atoms with Crippen molar-refractivity contribution in [2.24, 2.45) is 5.73 Å². The molecular weight excluding hydrogens is 354 g/mol. The highest BCUT2D eigenvalue weighted by Gasteiger charge is 2.51. The lowest BCUT2D eigenvalue weighted by atomic mass is 9.88. The summed E-state index contributed by atoms with van der Waals surface area (Å²) in [6.45, 7) is 7.27. The molecule has 1 aromatic rings. The van der Waals surface area contributed by atoms with Crippen molar-refractivity contribution < 1.29 is 14.3 Å². The van der Waals surface area contributed by atoms with Gasteiger partial charge in [-0.3, -0.25) is 9.69 Å². The fraction of sp³-hybridized carbons (Fsp3) is 0.636. The summed E-state index contributed by atoms with van der Waals surface area (Å²) in [5, 5.41) is 0. The number of likely N-dealkylation sites (N-methyl/N-ethyl adjacent to an activating group) is 1. The van der Waals surface area contributed by atoms with Crippen LogP contribution >= 0.6 is 0 Å². The molecule has 1 saturated heterocycles. The van der Waals surface area contributed by atoms with Crippen molar-refractivity contribution in [3.8, 4) is 0 Å². The number of rotatable bonds is 2. The van der Waals surface area contributed by atoms with E-state index < -0.39 is 23.0 Å². The number of ether oxygens (including phenoxy) is 1. The molecule has 0 aromatic heterocycles. The molecule has 0 bridgehead atoms. The van der Waals surface area contributed by atoms with Crippen LogP contribution in [-0.4, -0.2) is 48.1 Å². The number of amides is 1. The van der Waals surface area contributed by atoms with E-state index in [1.54, 1.807) is 27.8 Å². The second kappa shape index (κ2) is 7.84. The van der Waals surface area contributed by atoms with Gasteiger partial charge in [-0.1, -0.05) is 31.0 Å². The van der Waals surface area contributed by atoms with Crippen molar-refractivity contribution in [1.82, 2.24) is 4.90 Å². The first-order valence-electron chi connectivity index (χ1n) is 10.3. The van der Waals surface area contributed by atoms with Gasteiger partial charge in [0.15, 0.2) is 5.54 Å². The number of carbonyl (C=O) groups excluding carboxylic acids is 2. The zero-order valence-electron chi connectivity index (χ0n) is 17.5. The molecule has 3 rings (SSSR count). The van der Waals surface area contributed by atoms with E-state index in [2.05, 4.69) is 11.0 Å². The molecule has 0 radical (unpaired) electrons. The van der Waals surface area contributed by atoms with E-state index in [0.29, 0.717) is 0 Å². The van der Waals surface area contributed by atoms with Gasteiger partial charge in [-0.2, -0.15) is 0 Å². The van der Waals surface area contributed by atoms with Gasteiger partial charge in [-0.05, 0) is 58.3 Å². The highest BCUT2D eigenvalue weighted by Crippen LogP contribution is 2.40. The molecule has 6 nitrogen and oxygen atoms in total. The predicted octanol–water partition coefficient (Wildman–Crippen LogP) is 3.01. The maximum atomic E-state index is 13.3. The minimum absolute atomic E-state index is 0.0966. The predicted molar refractivity (Wildman–Crippen MR) is 110 cm³/mol. The van der Waals surface area contributed by atoms with E-state index in [-0.39, 0.29) is 12.5 Å². The summed E-state index contributed by atoms with van der Waals surface area (Å²) in [4.78, 5) is 30.3. The van der Waals surface area contributed by atoms with Crippen molar-refractivity contribution in [3.63, 3.8) is 0 Å². The summed E-state index contributed by atoms with van der Waals surface area (Å²) >= 11 is 0. The Kier molecular flexibility index (Phi) is 5.82. The van der Waals surface area contributed by atoms with E-state index in [0.717, 1.165) is 37.2 Å². The highest BCUT2D eigenvalue weighted by atomic mass is 16.6. The number of likely N-dealkylation sites (tertiary alicyclic amines) is 1. The molecule has 2 N–H and O–H groups in total. The Morgan fingerprint density at radius 2 is 1.75 bits per heavy atom. The Balaban J connectivity index is 2.05. The van der Waals surface area contributed by atoms with Crippen LogP contribution in [0.1, 0.15) is 64.5 Å². The average Bonchev–Trinajstić information content (AvgIpc) is 2.95. The van der Waals surface area contributed by atoms with E-state index in [4.69, 9.17) is 10.5 Å². The number of nitrogens with zero attached hydrogens (tertiary/aromatic N) is 2. The van der Waals surface area contributed by atoms with Crippen LogP contribution in [0.5, 0.6) is 0 Å².